The van der Waals surface area contributed by atoms with Crippen molar-refractivity contribution in [1.82, 2.24) is 41.3 Å². The van der Waals surface area contributed by atoms with Crippen LogP contribution in [0.15, 0.2) is 96.6 Å². The van der Waals surface area contributed by atoms with E-state index in [-0.39, 0.29) is 42.5 Å². The van der Waals surface area contributed by atoms with Gasteiger partial charge in [-0.1, -0.05) is 93.4 Å². The Labute approximate surface area is 505 Å². The summed E-state index contributed by atoms with van der Waals surface area (Å²) in [5.74, 6) is -8.31. The minimum Gasteiger partial charge on any atom is -0.508 e. The maximum atomic E-state index is 14.8. The van der Waals surface area contributed by atoms with Gasteiger partial charge in [0.2, 0.25) is 35.4 Å². The molecule has 13 N–H and O–H groups in total. The molecular formula is C62H84N8O17. The number of hydrogen-bond donors (Lipinski definition) is 13. The van der Waals surface area contributed by atoms with E-state index in [1.165, 1.54) is 31.2 Å². The second kappa shape index (κ2) is 30.5. The van der Waals surface area contributed by atoms with Gasteiger partial charge in [-0.05, 0) is 87.3 Å². The van der Waals surface area contributed by atoms with Crippen LogP contribution in [0, 0.1) is 5.92 Å². The Balaban J connectivity index is 1.20. The molecule has 1 aliphatic carbocycles. The second-order valence-electron chi connectivity index (χ2n) is 23.3. The maximum absolute atomic E-state index is 14.8. The summed E-state index contributed by atoms with van der Waals surface area (Å²) in [6, 6.07) is 9.19. The summed E-state index contributed by atoms with van der Waals surface area (Å²) >= 11 is 0. The van der Waals surface area contributed by atoms with E-state index in [0.717, 1.165) is 65.3 Å². The van der Waals surface area contributed by atoms with Gasteiger partial charge in [0.25, 0.3) is 5.91 Å². The zero-order valence-corrected chi connectivity index (χ0v) is 49.8. The van der Waals surface area contributed by atoms with Crippen LogP contribution in [-0.2, 0) is 38.3 Å². The van der Waals surface area contributed by atoms with Crippen molar-refractivity contribution in [2.75, 3.05) is 46.9 Å². The lowest BCUT2D eigenvalue weighted by Gasteiger charge is -2.34. The lowest BCUT2D eigenvalue weighted by atomic mass is 9.89. The van der Waals surface area contributed by atoms with Gasteiger partial charge in [0, 0.05) is 49.9 Å². The molecule has 0 spiro atoms. The number of hydrogen-bond acceptors (Lipinski definition) is 18. The fourth-order valence-corrected chi connectivity index (χ4v) is 11.0. The topological polar surface area (TPSA) is 370 Å². The molecule has 7 unspecified atom stereocenters. The smallest absolute Gasteiger partial charge is 0.251 e. The third-order valence-corrected chi connectivity index (χ3v) is 16.2. The number of carbonyl (C=O) groups is 7. The van der Waals surface area contributed by atoms with Gasteiger partial charge < -0.3 is 91.6 Å². The number of likely N-dealkylation sites (N-methyl/N-ethyl adjacent to an activating group) is 1. The number of phenolic OH excluding ortho intramolecular Hbond substituents is 1. The Kier molecular flexibility index (Phi) is 23.6. The fraction of sp³-hybridized carbons (Fsp3) is 0.532. The summed E-state index contributed by atoms with van der Waals surface area (Å²) < 4.78 is 11.9. The molecule has 3 aromatic carbocycles. The molecular weight excluding hydrogens is 1130 g/mol. The van der Waals surface area contributed by atoms with Crippen LogP contribution in [0.1, 0.15) is 89.4 Å². The predicted octanol–water partition coefficient (Wildman–Crippen LogP) is -0.652. The predicted molar refractivity (Wildman–Crippen MR) is 315 cm³/mol. The first-order valence-corrected chi connectivity index (χ1v) is 29.5. The van der Waals surface area contributed by atoms with E-state index in [1.54, 1.807) is 31.1 Å². The van der Waals surface area contributed by atoms with Crippen LogP contribution >= 0.6 is 0 Å². The van der Waals surface area contributed by atoms with Crippen LogP contribution in [0.2, 0.25) is 0 Å². The molecule has 3 aliphatic heterocycles. The molecule has 7 rings (SSSR count). The Morgan fingerprint density at radius 1 is 0.724 bits per heavy atom. The second-order valence-corrected chi connectivity index (χ2v) is 23.3. The molecule has 25 nitrogen and oxygen atoms in total. The number of aliphatic hydroxyl groups excluding tert-OH is 7. The monoisotopic (exact) mass is 1210 g/mol. The van der Waals surface area contributed by atoms with Gasteiger partial charge in [-0.15, -0.1) is 0 Å². The van der Waals surface area contributed by atoms with Gasteiger partial charge in [-0.25, -0.2) is 0 Å². The average Bonchev–Trinajstić information content (AvgIpc) is 2.34. The number of carbonyl (C=O) groups excluding carboxylic acids is 7. The molecule has 4 aliphatic rings. The van der Waals surface area contributed by atoms with Gasteiger partial charge in [-0.2, -0.15) is 0 Å². The first kappa shape index (κ1) is 67.2. The van der Waals surface area contributed by atoms with E-state index in [0.29, 0.717) is 13.0 Å². The van der Waals surface area contributed by atoms with E-state index >= 15 is 0 Å². The summed E-state index contributed by atoms with van der Waals surface area (Å²) in [5.41, 5.74) is 3.00. The molecule has 3 aromatic rings. The van der Waals surface area contributed by atoms with Crippen molar-refractivity contribution in [1.29, 1.82) is 0 Å². The van der Waals surface area contributed by atoms with Crippen molar-refractivity contribution in [3.8, 4) is 22.6 Å². The Bertz CT molecular complexity index is 2930. The number of ether oxygens (including phenoxy) is 2. The average molecular weight is 1210 g/mol. The van der Waals surface area contributed by atoms with Crippen LogP contribution < -0.4 is 31.3 Å². The molecule has 0 radical (unpaired) electrons. The number of fused-ring (bicyclic) bond motifs is 2. The van der Waals surface area contributed by atoms with Gasteiger partial charge >= 0.3 is 0 Å². The van der Waals surface area contributed by atoms with Gasteiger partial charge in [-0.3, -0.25) is 33.6 Å². The molecule has 16 atom stereocenters. The van der Waals surface area contributed by atoms with E-state index in [4.69, 9.17) is 9.47 Å². The highest BCUT2D eigenvalue weighted by molar-refractivity contribution is 6.01. The molecule has 0 saturated carbocycles. The summed E-state index contributed by atoms with van der Waals surface area (Å²) in [7, 11) is 3.44. The van der Waals surface area contributed by atoms with Crippen molar-refractivity contribution < 1.29 is 83.9 Å². The molecule has 25 heteroatoms. The highest BCUT2D eigenvalue weighted by atomic mass is 16.5. The minimum atomic E-state index is -2.28. The number of phenols is 1. The van der Waals surface area contributed by atoms with Crippen molar-refractivity contribution in [3.05, 3.63) is 108 Å². The number of rotatable bonds is 18. The SMILES string of the molecule is CCCCCOc1ccc(-c2ccc(C3C=CC(C(=O)N[C@H]4C[C@@H](O)C(OCCN(C)C)NC(=O)C5[C@@H](O)[C@@H](C)CN5C(=O)C([C@@H](C)O)NC(=O)C([C@H](O)[C@@H](O)c5ccc(O)cc5)NC(=O)C5C[C@@H](O)CN5C(=O)C([C@@H](C)O)NC4=O)=CC3)cc2)cc1. The fourth-order valence-electron chi connectivity index (χ4n) is 11.0. The third-order valence-electron chi connectivity index (χ3n) is 16.2. The number of nitrogens with one attached hydrogen (secondary N) is 5. The molecule has 3 saturated heterocycles. The number of benzene rings is 3. The highest BCUT2D eigenvalue weighted by Crippen LogP contribution is 2.32. The van der Waals surface area contributed by atoms with E-state index in [9.17, 15) is 74.4 Å². The molecule has 0 aromatic heterocycles. The van der Waals surface area contributed by atoms with E-state index < -0.39 is 152 Å². The van der Waals surface area contributed by atoms with Crippen LogP contribution in [0.4, 0.5) is 0 Å². The standard InChI is InChI=1S/C62H84N8O17/c1-7-8-9-27-86-44-24-20-39(21-25-44)37-12-10-36(11-13-37)38-14-16-41(17-15-38)55(79)63-45-30-47(75)60(87-28-26-68(5)6)67-59(83)51-52(76)33(2)31-70(51)62(85)49(35(4)72)65-58(82)50(54(78)53(77)40-18-22-42(73)23-19-40)66-57(81)46-29-43(74)32-69(46)61(84)48(34(3)71)64-56(45)80/h10-14,16-25,33-35,38,43,45-54,60,71-78H,7-9,15,26-32H2,1-6H3,(H,63,79)(H,64,80)(H,65,82)(H,66,81)(H,67,83)/t33-,34+,35+,38?,43+,45-,46?,47+,48?,49?,50?,51?,52-,53-,54-,60?/m0/s1. The summed E-state index contributed by atoms with van der Waals surface area (Å²) in [4.78, 5) is 105. The summed E-state index contributed by atoms with van der Waals surface area (Å²) in [6.45, 7) is 5.74. The molecule has 474 valence electrons. The molecule has 7 amide bonds. The zero-order valence-electron chi connectivity index (χ0n) is 49.8. The van der Waals surface area contributed by atoms with Crippen LogP contribution in [0.5, 0.6) is 11.5 Å². The van der Waals surface area contributed by atoms with Gasteiger partial charge in [0.05, 0.1) is 37.6 Å². The number of aliphatic hydroxyl groups is 7. The van der Waals surface area contributed by atoms with E-state index in [2.05, 4.69) is 33.5 Å². The van der Waals surface area contributed by atoms with Crippen molar-refractivity contribution in [2.45, 2.75) is 157 Å². The number of amides is 7. The summed E-state index contributed by atoms with van der Waals surface area (Å²) in [5, 5.41) is 102. The lowest BCUT2D eigenvalue weighted by molar-refractivity contribution is -0.149. The van der Waals surface area contributed by atoms with E-state index in [1.807, 2.05) is 54.6 Å². The molecule has 3 heterocycles. The maximum Gasteiger partial charge on any atom is 0.251 e. The van der Waals surface area contributed by atoms with Crippen LogP contribution in [0.3, 0.4) is 0 Å². The first-order chi connectivity index (χ1) is 41.4. The molecule has 87 heavy (non-hydrogen) atoms. The first-order valence-electron chi connectivity index (χ1n) is 29.5. The Morgan fingerprint density at radius 3 is 1.93 bits per heavy atom. The number of allylic oxidation sites excluding steroid dienone is 2. The van der Waals surface area contributed by atoms with Crippen molar-refractivity contribution in [3.63, 3.8) is 0 Å². The third kappa shape index (κ3) is 17.1. The summed E-state index contributed by atoms with van der Waals surface area (Å²) in [6.07, 6.45) is -7.12. The normalized spacial score (nSPS) is 28.4. The lowest BCUT2D eigenvalue weighted by Crippen LogP contribution is -2.64. The van der Waals surface area contributed by atoms with Crippen LogP contribution in [0.25, 0.3) is 11.1 Å². The highest BCUT2D eigenvalue weighted by Gasteiger charge is 2.50. The quantitative estimate of drug-likeness (QED) is 0.0704. The Hall–Kier alpha value is -7.33. The number of aromatic hydroxyl groups is 1. The van der Waals surface area contributed by atoms with Gasteiger partial charge in [0.1, 0.15) is 66.1 Å². The molecule has 3 fully saturated rings. The van der Waals surface area contributed by atoms with Crippen molar-refractivity contribution >= 4 is 41.4 Å². The van der Waals surface area contributed by atoms with Crippen LogP contribution in [-0.4, -0.2) is 223 Å². The zero-order chi connectivity index (χ0) is 63.4. The number of unbranched alkanes of at least 4 members (excludes halogenated alkanes) is 2. The molecule has 0 bridgehead atoms. The Morgan fingerprint density at radius 2 is 1.33 bits per heavy atom. The minimum absolute atomic E-state index is 0.0611. The number of nitrogens with zero attached hydrogens (tertiary/aromatic N) is 3. The van der Waals surface area contributed by atoms with Gasteiger partial charge in [0.15, 0.2) is 6.23 Å². The largest absolute Gasteiger partial charge is 0.508 e. The van der Waals surface area contributed by atoms with Crippen molar-refractivity contribution in [2.24, 2.45) is 5.92 Å².